The second-order valence-corrected chi connectivity index (χ2v) is 25.8. The van der Waals surface area contributed by atoms with Crippen LogP contribution in [-0.2, 0) is 61.3 Å². The number of methoxy groups -OCH3 is 2. The predicted octanol–water partition coefficient (Wildman–Crippen LogP) is 15.3. The van der Waals surface area contributed by atoms with Crippen LogP contribution in [-0.4, -0.2) is 153 Å². The third kappa shape index (κ3) is 40.9. The number of carboxylic acids is 1. The van der Waals surface area contributed by atoms with Crippen LogP contribution in [0, 0.1) is 0 Å². The molecule has 87 heavy (non-hydrogen) atoms. The first kappa shape index (κ1) is 79.6. The van der Waals surface area contributed by atoms with Crippen molar-refractivity contribution in [2.75, 3.05) is 53.8 Å². The van der Waals surface area contributed by atoms with Gasteiger partial charge in [0, 0.05) is 40.4 Å². The zero-order valence-electron chi connectivity index (χ0n) is 56.7. The molecule has 2 fully saturated rings. The van der Waals surface area contributed by atoms with Gasteiger partial charge in [-0.15, -0.1) is 0 Å². The van der Waals surface area contributed by atoms with Crippen molar-refractivity contribution >= 4 is 19.7 Å². The normalized spacial score (nSPS) is 23.5. The van der Waals surface area contributed by atoms with E-state index in [9.17, 15) is 34.2 Å². The molecule has 5 N–H and O–H groups in total. The van der Waals surface area contributed by atoms with E-state index < -0.39 is 94.9 Å². The van der Waals surface area contributed by atoms with Crippen molar-refractivity contribution in [1.82, 2.24) is 5.32 Å². The molecular weight excluding hydrogens is 1130 g/mol. The molecule has 12 atom stereocenters. The van der Waals surface area contributed by atoms with Crippen LogP contribution in [0.5, 0.6) is 0 Å². The van der Waals surface area contributed by atoms with Crippen LogP contribution in [0.2, 0.25) is 0 Å². The molecule has 0 spiro atoms. The minimum Gasteiger partial charge on any atom is -0.480 e. The molecule has 0 aliphatic carbocycles. The van der Waals surface area contributed by atoms with Crippen LogP contribution < -0.4 is 5.32 Å². The number of rotatable bonds is 61. The van der Waals surface area contributed by atoms with E-state index >= 15 is 0 Å². The van der Waals surface area contributed by atoms with Crippen molar-refractivity contribution in [1.29, 1.82) is 0 Å². The minimum atomic E-state index is -5.22. The summed E-state index contributed by atoms with van der Waals surface area (Å²) in [4.78, 5) is 46.9. The summed E-state index contributed by atoms with van der Waals surface area (Å²) in [6.07, 6.45) is 35.3. The Morgan fingerprint density at radius 1 is 0.529 bits per heavy atom. The molecule has 18 nitrogen and oxygen atoms in total. The summed E-state index contributed by atoms with van der Waals surface area (Å²) in [7, 11) is -2.16. The molecule has 2 saturated heterocycles. The highest BCUT2D eigenvalue weighted by Gasteiger charge is 2.53. The van der Waals surface area contributed by atoms with E-state index in [1.54, 1.807) is 7.11 Å². The quantitative estimate of drug-likeness (QED) is 0.0216. The van der Waals surface area contributed by atoms with E-state index in [4.69, 9.17) is 48.5 Å². The molecule has 514 valence electrons. The Morgan fingerprint density at radius 2 is 1.01 bits per heavy atom. The predicted molar refractivity (Wildman–Crippen MR) is 345 cm³/mol. The number of aliphatic hydroxyl groups excluding tert-OH is 1. The van der Waals surface area contributed by atoms with Crippen LogP contribution >= 0.6 is 7.82 Å². The molecule has 0 aromatic heterocycles. The number of hydrogen-bond donors (Lipinski definition) is 5. The number of phosphoric ester groups is 1. The molecule has 0 bridgehead atoms. The van der Waals surface area contributed by atoms with Gasteiger partial charge >= 0.3 is 13.8 Å². The number of carbonyl (C=O) groups excluding carboxylic acids is 1. The first-order chi connectivity index (χ1) is 42.7. The fourth-order valence-electron chi connectivity index (χ4n) is 11.7. The number of phosphoric acid groups is 1. The molecule has 2 aliphatic heterocycles. The number of carboxylic acid groups (broad SMARTS) is 1. The van der Waals surface area contributed by atoms with Gasteiger partial charge in [-0.25, -0.2) is 9.36 Å². The highest BCUT2D eigenvalue weighted by molar-refractivity contribution is 7.46. The molecule has 0 saturated carbocycles. The number of allylic oxidation sites excluding steroid dienone is 2. The van der Waals surface area contributed by atoms with Gasteiger partial charge in [-0.1, -0.05) is 239 Å². The molecule has 1 amide bonds. The lowest BCUT2D eigenvalue weighted by molar-refractivity contribution is -0.330. The lowest BCUT2D eigenvalue weighted by Gasteiger charge is -2.47. The number of nitrogens with one attached hydrogen (secondary N) is 1. The van der Waals surface area contributed by atoms with Crippen LogP contribution in [0.1, 0.15) is 292 Å². The zero-order valence-corrected chi connectivity index (χ0v) is 56.5. The van der Waals surface area contributed by atoms with E-state index in [1.165, 1.54) is 97.0 Å². The van der Waals surface area contributed by atoms with Crippen molar-refractivity contribution in [3.05, 3.63) is 12.2 Å². The third-order valence-corrected chi connectivity index (χ3v) is 17.4. The Morgan fingerprint density at radius 3 is 1.54 bits per heavy atom. The lowest BCUT2D eigenvalue weighted by atomic mass is 9.95. The Hall–Kier alpha value is -1.61. The summed E-state index contributed by atoms with van der Waals surface area (Å²) in [5.41, 5.74) is 0. The summed E-state index contributed by atoms with van der Waals surface area (Å²) in [6, 6.07) is -1.22. The van der Waals surface area contributed by atoms with Crippen molar-refractivity contribution in [2.45, 2.75) is 358 Å². The largest absolute Gasteiger partial charge is 0.480 e. The maximum atomic E-state index is 14.2. The summed E-state index contributed by atoms with van der Waals surface area (Å²) in [5.74, 6) is -1.62. The number of aliphatic hydroxyl groups is 1. The summed E-state index contributed by atoms with van der Waals surface area (Å²) >= 11 is 0. The van der Waals surface area contributed by atoms with E-state index in [2.05, 4.69) is 45.2 Å². The second kappa shape index (κ2) is 54.9. The Kier molecular flexibility index (Phi) is 50.2. The highest BCUT2D eigenvalue weighted by Crippen LogP contribution is 2.43. The van der Waals surface area contributed by atoms with E-state index in [0.717, 1.165) is 141 Å². The standard InChI is InChI=1S/C68H130NO17P/c1-7-11-15-19-22-25-27-29-30-31-32-34-36-40-44-48-59(70)69-61-64(81-52-49-56(78-6)47-43-39-18-14-10-4)63(86-87(74,75)76)58(53-77-5)85-67(61)82-54-57-62(73)65(79-50-45-41-37-24-21-17-13-9-3)66(68(84-57)83-55-60(71)72)80-51-46-42-38-35-33-28-26-23-20-16-12-8-2/h25,27,56-58,61-68,73H,7-24,26,28-55H2,1-6H3,(H,69,70)(H,71,72)(H2,74,75,76)/b27-25-/t56-,57-,58-,61-,62-,63-,64-,65+,66-,67-,68?/m1/s1/i51D/t51?,56-,57-,58-,61-,62-,63-,64-,65+,66-,67-,68?. The van der Waals surface area contributed by atoms with Gasteiger partial charge in [-0.05, 0) is 57.8 Å². The van der Waals surface area contributed by atoms with Gasteiger partial charge in [0.05, 0.1) is 20.7 Å². The summed E-state index contributed by atoms with van der Waals surface area (Å²) < 4.78 is 83.5. The molecule has 2 rings (SSSR count). The van der Waals surface area contributed by atoms with Gasteiger partial charge in [-0.3, -0.25) is 9.32 Å². The number of amides is 1. The van der Waals surface area contributed by atoms with Crippen LogP contribution in [0.4, 0.5) is 0 Å². The number of carbonyl (C=O) groups is 2. The molecular formula is C68H130NO17P. The third-order valence-electron chi connectivity index (χ3n) is 16.8. The topological polar surface area (TPSA) is 236 Å². The second-order valence-electron chi connectivity index (χ2n) is 24.6. The maximum absolute atomic E-state index is 14.2. The van der Waals surface area contributed by atoms with Crippen molar-refractivity contribution in [3.8, 4) is 0 Å². The smallest absolute Gasteiger partial charge is 0.470 e. The molecule has 0 radical (unpaired) electrons. The van der Waals surface area contributed by atoms with Gasteiger partial charge in [0.15, 0.2) is 12.6 Å². The molecule has 2 unspecified atom stereocenters. The van der Waals surface area contributed by atoms with Crippen molar-refractivity contribution in [2.24, 2.45) is 0 Å². The van der Waals surface area contributed by atoms with E-state index in [1.807, 2.05) is 0 Å². The Bertz CT molecular complexity index is 1720. The number of aliphatic carboxylic acids is 1. The lowest BCUT2D eigenvalue weighted by Crippen LogP contribution is -2.67. The Balaban J connectivity index is 2.41. The van der Waals surface area contributed by atoms with Gasteiger partial charge < -0.3 is 67.9 Å². The van der Waals surface area contributed by atoms with Crippen LogP contribution in [0.25, 0.3) is 0 Å². The van der Waals surface area contributed by atoms with E-state index in [-0.39, 0.29) is 38.3 Å². The first-order valence-corrected chi connectivity index (χ1v) is 36.7. The monoisotopic (exact) mass is 1260 g/mol. The number of ether oxygens (including phenoxy) is 9. The fourth-order valence-corrected chi connectivity index (χ4v) is 12.2. The average Bonchev–Trinajstić information content (AvgIpc) is 1.51. The molecule has 2 heterocycles. The summed E-state index contributed by atoms with van der Waals surface area (Å²) in [5, 5.41) is 25.2. The van der Waals surface area contributed by atoms with Crippen molar-refractivity contribution in [3.63, 3.8) is 0 Å². The van der Waals surface area contributed by atoms with Gasteiger partial charge in [0.1, 0.15) is 55.4 Å². The maximum Gasteiger partial charge on any atom is 0.470 e. The van der Waals surface area contributed by atoms with Gasteiger partial charge in [0.2, 0.25) is 5.91 Å². The van der Waals surface area contributed by atoms with Crippen LogP contribution in [0.15, 0.2) is 12.2 Å². The Labute approximate surface area is 530 Å². The first-order valence-electron chi connectivity index (χ1n) is 35.8. The SMILES string of the molecule is [2H]C(CCCCCCCCCCCCC)O[C@H]1C(OCC(=O)O)O[C@H](CO[C@@H]2O[C@H](COC)[C@@H](OP(=O)(O)O)[C@H](OCC[C@@H](CCCCCCC)OC)[C@H]2NC(=O)CCCCCCCCC/C=C\CCCCCC)[C@@H](O)[C@@H]1OCCCCCCCCCC. The van der Waals surface area contributed by atoms with Crippen molar-refractivity contribution < 1.29 is 82.7 Å². The number of unbranched alkanes of at least 4 members (excludes halogenated alkanes) is 32. The van der Waals surface area contributed by atoms with Crippen LogP contribution in [0.3, 0.4) is 0 Å². The zero-order chi connectivity index (χ0) is 64.3. The molecule has 2 aliphatic rings. The average molecular weight is 1270 g/mol. The van der Waals surface area contributed by atoms with E-state index in [0.29, 0.717) is 25.7 Å². The molecule has 19 heteroatoms. The highest BCUT2D eigenvalue weighted by atomic mass is 31.2. The van der Waals surface area contributed by atoms with Gasteiger partial charge in [-0.2, -0.15) is 0 Å². The fraction of sp³-hybridized carbons (Fsp3) is 0.941. The van der Waals surface area contributed by atoms with Gasteiger partial charge in [0.25, 0.3) is 0 Å². The molecule has 0 aromatic rings. The minimum absolute atomic E-state index is 0.0653. The molecule has 0 aromatic carbocycles. The number of hydrogen-bond acceptors (Lipinski definition) is 14. The summed E-state index contributed by atoms with van der Waals surface area (Å²) in [6.45, 7) is 6.68.